The van der Waals surface area contributed by atoms with E-state index in [4.69, 9.17) is 21.0 Å². The summed E-state index contributed by atoms with van der Waals surface area (Å²) in [7, 11) is 0. The average molecular weight is 555 g/mol. The third-order valence-corrected chi connectivity index (χ3v) is 8.10. The molecule has 0 aliphatic carbocycles. The van der Waals surface area contributed by atoms with Gasteiger partial charge in [-0.1, -0.05) is 24.3 Å². The second-order valence-corrected chi connectivity index (χ2v) is 10.7. The molecule has 3 aromatic carbocycles. The Balaban J connectivity index is 1.10. The Morgan fingerprint density at radius 2 is 1.95 bits per heavy atom. The van der Waals surface area contributed by atoms with Crippen molar-refractivity contribution in [3.8, 4) is 5.75 Å². The lowest BCUT2D eigenvalue weighted by molar-refractivity contribution is -0.0592. The van der Waals surface area contributed by atoms with Gasteiger partial charge in [-0.05, 0) is 80.2 Å². The van der Waals surface area contributed by atoms with E-state index in [0.29, 0.717) is 30.3 Å². The number of nitrogens with zero attached hydrogens (tertiary/aromatic N) is 4. The monoisotopic (exact) mass is 554 g/mol. The van der Waals surface area contributed by atoms with E-state index in [1.165, 1.54) is 11.6 Å². The van der Waals surface area contributed by atoms with Crippen LogP contribution in [-0.2, 0) is 24.4 Å². The highest BCUT2D eigenvalue weighted by molar-refractivity contribution is 5.92. The molecule has 3 heterocycles. The number of aromatic carboxylic acids is 1. The van der Waals surface area contributed by atoms with E-state index >= 15 is 0 Å². The molecule has 2 saturated heterocycles. The van der Waals surface area contributed by atoms with Crippen molar-refractivity contribution in [3.63, 3.8) is 0 Å². The Bertz CT molecular complexity index is 1620. The van der Waals surface area contributed by atoms with E-state index in [9.17, 15) is 14.3 Å². The van der Waals surface area contributed by atoms with E-state index in [-0.39, 0.29) is 24.0 Å². The third kappa shape index (κ3) is 5.94. The molecule has 1 atom stereocenters. The smallest absolute Gasteiger partial charge is 0.335 e. The predicted molar refractivity (Wildman–Crippen MR) is 152 cm³/mol. The van der Waals surface area contributed by atoms with E-state index in [1.54, 1.807) is 30.3 Å². The fourth-order valence-electron chi connectivity index (χ4n) is 5.63. The van der Waals surface area contributed by atoms with Crippen molar-refractivity contribution in [2.45, 2.75) is 51.0 Å². The molecule has 0 unspecified atom stereocenters. The summed E-state index contributed by atoms with van der Waals surface area (Å²) in [5.74, 6) is 0.651. The van der Waals surface area contributed by atoms with Gasteiger partial charge in [0.15, 0.2) is 5.69 Å². The van der Waals surface area contributed by atoms with E-state index in [1.807, 2.05) is 18.2 Å². The van der Waals surface area contributed by atoms with Crippen LogP contribution in [-0.4, -0.2) is 51.3 Å². The molecule has 41 heavy (non-hydrogen) atoms. The first-order valence-electron chi connectivity index (χ1n) is 13.9. The maximum absolute atomic E-state index is 14.3. The standard InChI is InChI=1S/C32H31FN4O4/c1-34-25-7-5-24(28(33)17-25)20-41-26-4-2-3-22(15-26)21-9-12-36(13-10-21)19-31-35-29-8-6-23(32(38)39)16-30(29)37(31)18-27-11-14-40-27/h2-8,15-17,21,27H,9-14,18-20H2,(H,38,39)/t27-/m0/s1. The minimum atomic E-state index is -0.944. The molecule has 9 heteroatoms. The largest absolute Gasteiger partial charge is 0.489 e. The van der Waals surface area contributed by atoms with Crippen molar-refractivity contribution < 1.29 is 23.8 Å². The van der Waals surface area contributed by atoms with Gasteiger partial charge in [-0.15, -0.1) is 0 Å². The number of piperidine rings is 1. The molecule has 2 fully saturated rings. The number of hydrogen-bond acceptors (Lipinski definition) is 5. The summed E-state index contributed by atoms with van der Waals surface area (Å²) in [4.78, 5) is 22.1. The summed E-state index contributed by atoms with van der Waals surface area (Å²) in [5.41, 5.74) is 3.81. The molecule has 4 aromatic rings. The average Bonchev–Trinajstić information content (AvgIpc) is 3.30. The lowest BCUT2D eigenvalue weighted by Gasteiger charge is -2.33. The number of rotatable bonds is 9. The number of hydrogen-bond donors (Lipinski definition) is 1. The maximum Gasteiger partial charge on any atom is 0.335 e. The van der Waals surface area contributed by atoms with Crippen LogP contribution >= 0.6 is 0 Å². The van der Waals surface area contributed by atoms with Crippen LogP contribution in [0.1, 0.15) is 52.5 Å². The normalized spacial score (nSPS) is 17.7. The Morgan fingerprint density at radius 3 is 2.66 bits per heavy atom. The molecule has 8 nitrogen and oxygen atoms in total. The van der Waals surface area contributed by atoms with Crippen LogP contribution < -0.4 is 4.74 Å². The van der Waals surface area contributed by atoms with Crippen molar-refractivity contribution in [1.29, 1.82) is 0 Å². The Hall–Kier alpha value is -4.26. The minimum Gasteiger partial charge on any atom is -0.489 e. The van der Waals surface area contributed by atoms with Crippen molar-refractivity contribution in [2.24, 2.45) is 0 Å². The molecular weight excluding hydrogens is 523 g/mol. The highest BCUT2D eigenvalue weighted by Gasteiger charge is 2.26. The van der Waals surface area contributed by atoms with Crippen LogP contribution in [0.2, 0.25) is 0 Å². The number of halogens is 1. The second kappa shape index (κ2) is 11.7. The van der Waals surface area contributed by atoms with Crippen LogP contribution in [0.25, 0.3) is 15.9 Å². The topological polar surface area (TPSA) is 81.2 Å². The summed E-state index contributed by atoms with van der Waals surface area (Å²) in [6, 6.07) is 17.6. The Kier molecular flexibility index (Phi) is 7.68. The Labute approximate surface area is 237 Å². The summed E-state index contributed by atoms with van der Waals surface area (Å²) in [6.45, 7) is 11.1. The van der Waals surface area contributed by atoms with Crippen molar-refractivity contribution >= 4 is 22.7 Å². The number of aromatic nitrogens is 2. The number of ether oxygens (including phenoxy) is 2. The molecule has 210 valence electrons. The molecule has 0 saturated carbocycles. The van der Waals surface area contributed by atoms with Crippen LogP contribution in [0.3, 0.4) is 0 Å². The van der Waals surface area contributed by atoms with E-state index in [2.05, 4.69) is 20.4 Å². The molecule has 0 bridgehead atoms. The molecule has 0 amide bonds. The zero-order valence-corrected chi connectivity index (χ0v) is 22.6. The summed E-state index contributed by atoms with van der Waals surface area (Å²) in [6.07, 6.45) is 3.11. The minimum absolute atomic E-state index is 0.104. The molecule has 6 rings (SSSR count). The highest BCUT2D eigenvalue weighted by Crippen LogP contribution is 2.32. The fraction of sp³-hybridized carbons (Fsp3) is 0.344. The third-order valence-electron chi connectivity index (χ3n) is 8.10. The van der Waals surface area contributed by atoms with Crippen LogP contribution in [0, 0.1) is 12.4 Å². The quantitative estimate of drug-likeness (QED) is 0.249. The van der Waals surface area contributed by atoms with Crippen molar-refractivity contribution in [2.75, 3.05) is 19.7 Å². The van der Waals surface area contributed by atoms with Crippen molar-refractivity contribution in [3.05, 3.63) is 100 Å². The van der Waals surface area contributed by atoms with Gasteiger partial charge in [0.05, 0.1) is 42.4 Å². The van der Waals surface area contributed by atoms with Crippen molar-refractivity contribution in [1.82, 2.24) is 14.5 Å². The number of benzene rings is 3. The lowest BCUT2D eigenvalue weighted by atomic mass is 9.89. The number of carboxylic acid groups (broad SMARTS) is 1. The zero-order chi connectivity index (χ0) is 28.3. The molecule has 0 radical (unpaired) electrons. The zero-order valence-electron chi connectivity index (χ0n) is 22.6. The maximum atomic E-state index is 14.3. The van der Waals surface area contributed by atoms with Crippen LogP contribution in [0.4, 0.5) is 10.1 Å². The van der Waals surface area contributed by atoms with Crippen LogP contribution in [0.5, 0.6) is 5.75 Å². The van der Waals surface area contributed by atoms with Gasteiger partial charge in [-0.3, -0.25) is 4.90 Å². The second-order valence-electron chi connectivity index (χ2n) is 10.7. The van der Waals surface area contributed by atoms with E-state index in [0.717, 1.165) is 55.8 Å². The number of likely N-dealkylation sites (tertiary alicyclic amines) is 1. The highest BCUT2D eigenvalue weighted by atomic mass is 19.1. The van der Waals surface area contributed by atoms with Gasteiger partial charge in [-0.2, -0.15) is 0 Å². The number of fused-ring (bicyclic) bond motifs is 1. The number of imidazole rings is 1. The van der Waals surface area contributed by atoms with Gasteiger partial charge < -0.3 is 19.1 Å². The van der Waals surface area contributed by atoms with Gasteiger partial charge in [0.2, 0.25) is 0 Å². The molecule has 1 aromatic heterocycles. The van der Waals surface area contributed by atoms with E-state index < -0.39 is 11.8 Å². The first-order valence-corrected chi connectivity index (χ1v) is 13.9. The predicted octanol–water partition coefficient (Wildman–Crippen LogP) is 6.17. The first kappa shape index (κ1) is 26.9. The van der Waals surface area contributed by atoms with Gasteiger partial charge in [0, 0.05) is 12.2 Å². The summed E-state index contributed by atoms with van der Waals surface area (Å²) in [5, 5.41) is 9.49. The fourth-order valence-corrected chi connectivity index (χ4v) is 5.63. The molecule has 2 aliphatic heterocycles. The van der Waals surface area contributed by atoms with Gasteiger partial charge in [-0.25, -0.2) is 19.0 Å². The molecule has 2 aliphatic rings. The molecule has 1 N–H and O–H groups in total. The number of carboxylic acids is 1. The summed E-state index contributed by atoms with van der Waals surface area (Å²) >= 11 is 0. The van der Waals surface area contributed by atoms with Gasteiger partial charge in [0.1, 0.15) is 24.0 Å². The lowest BCUT2D eigenvalue weighted by Crippen LogP contribution is -2.35. The van der Waals surface area contributed by atoms with Crippen LogP contribution in [0.15, 0.2) is 60.7 Å². The molecular formula is C32H31FN4O4. The molecule has 0 spiro atoms. The Morgan fingerprint density at radius 1 is 1.12 bits per heavy atom. The SMILES string of the molecule is [C-]#[N+]c1ccc(COc2cccc(C3CCN(Cc4nc5ccc(C(=O)O)cc5n4C[C@@H]4CCO4)CC3)c2)c(F)c1. The number of carbonyl (C=O) groups is 1. The van der Waals surface area contributed by atoms with Gasteiger partial charge >= 0.3 is 5.97 Å². The first-order chi connectivity index (χ1) is 20.0. The van der Waals surface area contributed by atoms with Gasteiger partial charge in [0.25, 0.3) is 0 Å². The summed E-state index contributed by atoms with van der Waals surface area (Å²) < 4.78 is 28.0.